The van der Waals surface area contributed by atoms with E-state index in [1.807, 2.05) is 13.8 Å². The maximum absolute atomic E-state index is 11.6. The molecule has 3 heteroatoms. The Balaban J connectivity index is 2.36. The Morgan fingerprint density at radius 1 is 1.33 bits per heavy atom. The highest BCUT2D eigenvalue weighted by Gasteiger charge is 2.30. The molecule has 1 rings (SSSR count). The van der Waals surface area contributed by atoms with Crippen LogP contribution in [-0.4, -0.2) is 22.7 Å². The molecule has 15 heavy (non-hydrogen) atoms. The Morgan fingerprint density at radius 2 is 1.87 bits per heavy atom. The lowest BCUT2D eigenvalue weighted by atomic mass is 9.89. The minimum Gasteiger partial charge on any atom is -0.389 e. The molecule has 2 N–H and O–H groups in total. The molecule has 0 aromatic heterocycles. The van der Waals surface area contributed by atoms with E-state index in [1.54, 1.807) is 0 Å². The maximum Gasteiger partial charge on any atom is 0.223 e. The molecule has 0 spiro atoms. The average molecular weight is 213 g/mol. The van der Waals surface area contributed by atoms with Crippen molar-refractivity contribution in [1.82, 2.24) is 5.32 Å². The third kappa shape index (κ3) is 4.65. The van der Waals surface area contributed by atoms with Crippen LogP contribution in [0.5, 0.6) is 0 Å². The maximum atomic E-state index is 11.6. The fourth-order valence-electron chi connectivity index (χ4n) is 2.04. The number of amides is 1. The molecule has 0 heterocycles. The van der Waals surface area contributed by atoms with Crippen LogP contribution in [0.4, 0.5) is 0 Å². The minimum atomic E-state index is -0.775. The van der Waals surface area contributed by atoms with E-state index in [0.29, 0.717) is 6.04 Å². The second-order valence-electron chi connectivity index (χ2n) is 4.74. The summed E-state index contributed by atoms with van der Waals surface area (Å²) in [6.45, 7) is 4.08. The summed E-state index contributed by atoms with van der Waals surface area (Å²) in [5.41, 5.74) is -0.775. The van der Waals surface area contributed by atoms with Crippen molar-refractivity contribution in [3.05, 3.63) is 0 Å². The van der Waals surface area contributed by atoms with Crippen molar-refractivity contribution >= 4 is 5.91 Å². The minimum absolute atomic E-state index is 0.0156. The topological polar surface area (TPSA) is 49.3 Å². The summed E-state index contributed by atoms with van der Waals surface area (Å²) in [5, 5.41) is 13.2. The van der Waals surface area contributed by atoms with Crippen molar-refractivity contribution in [3.63, 3.8) is 0 Å². The van der Waals surface area contributed by atoms with E-state index in [-0.39, 0.29) is 12.3 Å². The van der Waals surface area contributed by atoms with Crippen molar-refractivity contribution in [1.29, 1.82) is 0 Å². The van der Waals surface area contributed by atoms with Crippen LogP contribution in [0.25, 0.3) is 0 Å². The highest BCUT2D eigenvalue weighted by Crippen LogP contribution is 2.25. The molecule has 0 atom stereocenters. The van der Waals surface area contributed by atoms with Gasteiger partial charge in [0.2, 0.25) is 5.91 Å². The molecule has 0 bridgehead atoms. The van der Waals surface area contributed by atoms with Gasteiger partial charge in [0, 0.05) is 6.04 Å². The van der Waals surface area contributed by atoms with E-state index in [4.69, 9.17) is 0 Å². The van der Waals surface area contributed by atoms with Crippen molar-refractivity contribution in [2.24, 2.45) is 0 Å². The molecular formula is C12H23NO2. The average Bonchev–Trinajstić information content (AvgIpc) is 2.87. The molecule has 0 aromatic rings. The molecule has 1 amide bonds. The lowest BCUT2D eigenvalue weighted by Crippen LogP contribution is -2.37. The number of carbonyl (C=O) groups is 1. The summed E-state index contributed by atoms with van der Waals surface area (Å²) in [7, 11) is 0. The third-order valence-electron chi connectivity index (χ3n) is 2.86. The fraction of sp³-hybridized carbons (Fsp3) is 0.917. The molecule has 3 nitrogen and oxygen atoms in total. The first kappa shape index (κ1) is 12.5. The van der Waals surface area contributed by atoms with Crippen molar-refractivity contribution in [2.75, 3.05) is 0 Å². The standard InChI is InChI=1S/C12H23NO2/c1-3-7-12(15,8-4-2)9-11(14)13-10-5-6-10/h10,15H,3-9H2,1-2H3,(H,13,14). The Labute approximate surface area is 92.3 Å². The van der Waals surface area contributed by atoms with Gasteiger partial charge in [-0.15, -0.1) is 0 Å². The molecule has 0 aliphatic heterocycles. The van der Waals surface area contributed by atoms with Crippen LogP contribution in [0.3, 0.4) is 0 Å². The van der Waals surface area contributed by atoms with Gasteiger partial charge in [0.15, 0.2) is 0 Å². The molecule has 0 unspecified atom stereocenters. The van der Waals surface area contributed by atoms with Gasteiger partial charge in [0.25, 0.3) is 0 Å². The van der Waals surface area contributed by atoms with Gasteiger partial charge in [0.05, 0.1) is 12.0 Å². The van der Waals surface area contributed by atoms with E-state index >= 15 is 0 Å². The summed E-state index contributed by atoms with van der Waals surface area (Å²) in [6, 6.07) is 0.394. The number of rotatable bonds is 7. The largest absolute Gasteiger partial charge is 0.389 e. The quantitative estimate of drug-likeness (QED) is 0.679. The molecule has 0 aromatic carbocycles. The zero-order valence-corrected chi connectivity index (χ0v) is 9.88. The van der Waals surface area contributed by atoms with E-state index in [1.165, 1.54) is 0 Å². The van der Waals surface area contributed by atoms with Crippen LogP contribution in [0, 0.1) is 0 Å². The zero-order valence-electron chi connectivity index (χ0n) is 9.88. The number of aliphatic hydroxyl groups is 1. The molecule has 1 aliphatic rings. The molecule has 0 saturated heterocycles. The zero-order chi connectivity index (χ0) is 11.3. The van der Waals surface area contributed by atoms with Crippen molar-refractivity contribution in [2.45, 2.75) is 70.4 Å². The monoisotopic (exact) mass is 213 g/mol. The Morgan fingerprint density at radius 3 is 2.27 bits per heavy atom. The van der Waals surface area contributed by atoms with E-state index in [9.17, 15) is 9.90 Å². The van der Waals surface area contributed by atoms with Gasteiger partial charge < -0.3 is 10.4 Å². The Hall–Kier alpha value is -0.570. The third-order valence-corrected chi connectivity index (χ3v) is 2.86. The van der Waals surface area contributed by atoms with Gasteiger partial charge in [-0.2, -0.15) is 0 Å². The normalized spacial score (nSPS) is 16.5. The first-order valence-electron chi connectivity index (χ1n) is 6.11. The van der Waals surface area contributed by atoms with Gasteiger partial charge in [-0.05, 0) is 25.7 Å². The Bertz CT molecular complexity index is 206. The summed E-state index contributed by atoms with van der Waals surface area (Å²) in [6.07, 6.45) is 5.76. The summed E-state index contributed by atoms with van der Waals surface area (Å²) >= 11 is 0. The van der Waals surface area contributed by atoms with E-state index in [2.05, 4.69) is 5.32 Å². The van der Waals surface area contributed by atoms with Crippen LogP contribution in [-0.2, 0) is 4.79 Å². The fourth-order valence-corrected chi connectivity index (χ4v) is 2.04. The summed E-state index contributed by atoms with van der Waals surface area (Å²) in [4.78, 5) is 11.6. The van der Waals surface area contributed by atoms with Crippen LogP contribution >= 0.6 is 0 Å². The van der Waals surface area contributed by atoms with Crippen molar-refractivity contribution < 1.29 is 9.90 Å². The molecular weight excluding hydrogens is 190 g/mol. The second-order valence-corrected chi connectivity index (χ2v) is 4.74. The predicted molar refractivity (Wildman–Crippen MR) is 60.5 cm³/mol. The lowest BCUT2D eigenvalue weighted by molar-refractivity contribution is -0.126. The van der Waals surface area contributed by atoms with Gasteiger partial charge >= 0.3 is 0 Å². The molecule has 1 saturated carbocycles. The van der Waals surface area contributed by atoms with Crippen LogP contribution in [0.1, 0.15) is 58.8 Å². The first-order chi connectivity index (χ1) is 7.09. The van der Waals surface area contributed by atoms with Gasteiger partial charge in [-0.1, -0.05) is 26.7 Å². The molecule has 88 valence electrons. The number of nitrogens with one attached hydrogen (secondary N) is 1. The molecule has 1 fully saturated rings. The van der Waals surface area contributed by atoms with Crippen molar-refractivity contribution in [3.8, 4) is 0 Å². The number of hydrogen-bond donors (Lipinski definition) is 2. The molecule has 1 aliphatic carbocycles. The Kier molecular flexibility index (Phi) is 4.58. The predicted octanol–water partition coefficient (Wildman–Crippen LogP) is 1.99. The summed E-state index contributed by atoms with van der Waals surface area (Å²) < 4.78 is 0. The second kappa shape index (κ2) is 5.50. The van der Waals surface area contributed by atoms with E-state index in [0.717, 1.165) is 38.5 Å². The van der Waals surface area contributed by atoms with Gasteiger partial charge in [-0.3, -0.25) is 4.79 Å². The number of carbonyl (C=O) groups excluding carboxylic acids is 1. The van der Waals surface area contributed by atoms with Gasteiger partial charge in [-0.25, -0.2) is 0 Å². The lowest BCUT2D eigenvalue weighted by Gasteiger charge is -2.26. The number of hydrogen-bond acceptors (Lipinski definition) is 2. The highest BCUT2D eigenvalue weighted by molar-refractivity contribution is 5.77. The first-order valence-corrected chi connectivity index (χ1v) is 6.11. The van der Waals surface area contributed by atoms with Crippen LogP contribution in [0.15, 0.2) is 0 Å². The highest BCUT2D eigenvalue weighted by atomic mass is 16.3. The smallest absolute Gasteiger partial charge is 0.223 e. The van der Waals surface area contributed by atoms with E-state index < -0.39 is 5.60 Å². The molecule has 0 radical (unpaired) electrons. The SMILES string of the molecule is CCCC(O)(CCC)CC(=O)NC1CC1. The van der Waals surface area contributed by atoms with Crippen LogP contribution < -0.4 is 5.32 Å². The summed E-state index contributed by atoms with van der Waals surface area (Å²) in [5.74, 6) is 0.0156. The van der Waals surface area contributed by atoms with Crippen LogP contribution in [0.2, 0.25) is 0 Å². The van der Waals surface area contributed by atoms with Gasteiger partial charge in [0.1, 0.15) is 0 Å².